The van der Waals surface area contributed by atoms with Gasteiger partial charge in [0.05, 0.1) is 10.9 Å². The van der Waals surface area contributed by atoms with Crippen molar-refractivity contribution in [3.05, 3.63) is 45.7 Å². The molecule has 1 aromatic heterocycles. The number of nitrogens with zero attached hydrogens (tertiary/aromatic N) is 1. The molecule has 2 aromatic carbocycles. The van der Waals surface area contributed by atoms with E-state index >= 15 is 0 Å². The highest BCUT2D eigenvalue weighted by molar-refractivity contribution is 6.36. The Morgan fingerprint density at radius 3 is 2.82 bits per heavy atom. The van der Waals surface area contributed by atoms with Gasteiger partial charge < -0.3 is 5.73 Å². The molecule has 0 fully saturated rings. The second-order valence-electron chi connectivity index (χ2n) is 3.75. The van der Waals surface area contributed by atoms with Crippen LogP contribution in [0.2, 0.25) is 5.02 Å². The lowest BCUT2D eigenvalue weighted by atomic mass is 10.1. The van der Waals surface area contributed by atoms with Gasteiger partial charge in [0.2, 0.25) is 5.95 Å². The third-order valence-electron chi connectivity index (χ3n) is 2.70. The molecular formula is C12H8ClN3O. The molecule has 0 aliphatic rings. The third kappa shape index (κ3) is 1.45. The van der Waals surface area contributed by atoms with E-state index in [1.165, 1.54) is 0 Å². The SMILES string of the molecule is Nc1nc2ccc3c(Cl)cccc3c2c(=O)[nH]1. The van der Waals surface area contributed by atoms with Crippen LogP contribution in [-0.2, 0) is 0 Å². The number of aromatic amines is 1. The van der Waals surface area contributed by atoms with E-state index in [2.05, 4.69) is 9.97 Å². The summed E-state index contributed by atoms with van der Waals surface area (Å²) >= 11 is 6.08. The summed E-state index contributed by atoms with van der Waals surface area (Å²) in [5.74, 6) is 0.115. The van der Waals surface area contributed by atoms with Gasteiger partial charge in [-0.25, -0.2) is 4.98 Å². The van der Waals surface area contributed by atoms with Crippen molar-refractivity contribution >= 4 is 39.2 Å². The zero-order valence-electron chi connectivity index (χ0n) is 8.70. The van der Waals surface area contributed by atoms with Crippen LogP contribution in [0.3, 0.4) is 0 Å². The first-order valence-electron chi connectivity index (χ1n) is 5.03. The smallest absolute Gasteiger partial charge is 0.260 e. The van der Waals surface area contributed by atoms with Crippen molar-refractivity contribution in [2.45, 2.75) is 0 Å². The van der Waals surface area contributed by atoms with Gasteiger partial charge in [-0.1, -0.05) is 29.8 Å². The summed E-state index contributed by atoms with van der Waals surface area (Å²) in [6, 6.07) is 9.02. The number of anilines is 1. The third-order valence-corrected chi connectivity index (χ3v) is 3.03. The largest absolute Gasteiger partial charge is 0.369 e. The Kier molecular flexibility index (Phi) is 2.06. The number of nitrogens with one attached hydrogen (secondary N) is 1. The molecular weight excluding hydrogens is 238 g/mol. The lowest BCUT2D eigenvalue weighted by molar-refractivity contribution is 1.19. The summed E-state index contributed by atoms with van der Waals surface area (Å²) < 4.78 is 0. The standard InChI is InChI=1S/C12H8ClN3O/c13-8-3-1-2-7-6(8)4-5-9-10(7)11(17)16-12(14)15-9/h1-5H,(H3,14,15,16,17). The Balaban J connectivity index is 2.65. The molecule has 0 spiro atoms. The Morgan fingerprint density at radius 1 is 1.18 bits per heavy atom. The molecule has 17 heavy (non-hydrogen) atoms. The monoisotopic (exact) mass is 245 g/mol. The number of hydrogen-bond acceptors (Lipinski definition) is 3. The van der Waals surface area contributed by atoms with Gasteiger partial charge in [0.25, 0.3) is 5.56 Å². The van der Waals surface area contributed by atoms with Crippen molar-refractivity contribution in [2.24, 2.45) is 0 Å². The molecule has 1 heterocycles. The van der Waals surface area contributed by atoms with Crippen LogP contribution in [0.5, 0.6) is 0 Å². The molecule has 0 saturated carbocycles. The Bertz CT molecular complexity index is 795. The molecule has 0 aliphatic carbocycles. The molecule has 0 radical (unpaired) electrons. The molecule has 5 heteroatoms. The molecule has 3 aromatic rings. The predicted octanol–water partition coefficient (Wildman–Crippen LogP) is 2.31. The number of hydrogen-bond donors (Lipinski definition) is 2. The van der Waals surface area contributed by atoms with Crippen molar-refractivity contribution in [1.29, 1.82) is 0 Å². The maximum atomic E-state index is 11.9. The average molecular weight is 246 g/mol. The summed E-state index contributed by atoms with van der Waals surface area (Å²) in [7, 11) is 0. The summed E-state index contributed by atoms with van der Waals surface area (Å²) in [6.45, 7) is 0. The van der Waals surface area contributed by atoms with Crippen LogP contribution in [0.4, 0.5) is 5.95 Å². The van der Waals surface area contributed by atoms with Crippen molar-refractivity contribution in [3.8, 4) is 0 Å². The Hall–Kier alpha value is -2.07. The fourth-order valence-corrected chi connectivity index (χ4v) is 2.21. The first-order valence-corrected chi connectivity index (χ1v) is 5.41. The fourth-order valence-electron chi connectivity index (χ4n) is 1.98. The van der Waals surface area contributed by atoms with Gasteiger partial charge >= 0.3 is 0 Å². The Morgan fingerprint density at radius 2 is 2.00 bits per heavy atom. The number of halogens is 1. The quantitative estimate of drug-likeness (QED) is 0.597. The summed E-state index contributed by atoms with van der Waals surface area (Å²) in [4.78, 5) is 18.5. The van der Waals surface area contributed by atoms with Gasteiger partial charge in [-0.05, 0) is 17.5 Å². The number of benzene rings is 2. The summed E-state index contributed by atoms with van der Waals surface area (Å²) in [6.07, 6.45) is 0. The van der Waals surface area contributed by atoms with Crippen molar-refractivity contribution in [3.63, 3.8) is 0 Å². The van der Waals surface area contributed by atoms with E-state index in [-0.39, 0.29) is 11.5 Å². The van der Waals surface area contributed by atoms with Crippen LogP contribution in [0, 0.1) is 0 Å². The van der Waals surface area contributed by atoms with Crippen molar-refractivity contribution in [2.75, 3.05) is 5.73 Å². The van der Waals surface area contributed by atoms with Gasteiger partial charge in [0, 0.05) is 10.4 Å². The van der Waals surface area contributed by atoms with E-state index in [1.807, 2.05) is 12.1 Å². The first-order chi connectivity index (χ1) is 8.16. The second kappa shape index (κ2) is 3.46. The number of aromatic nitrogens is 2. The first kappa shape index (κ1) is 10.1. The van der Waals surface area contributed by atoms with Gasteiger partial charge in [0.15, 0.2) is 0 Å². The number of H-pyrrole nitrogens is 1. The number of fused-ring (bicyclic) bond motifs is 3. The molecule has 3 N–H and O–H groups in total. The van der Waals surface area contributed by atoms with Gasteiger partial charge in [-0.2, -0.15) is 0 Å². The molecule has 0 bridgehead atoms. The summed E-state index contributed by atoms with van der Waals surface area (Å²) in [5.41, 5.74) is 5.83. The van der Waals surface area contributed by atoms with E-state index in [9.17, 15) is 4.79 Å². The van der Waals surface area contributed by atoms with Crippen molar-refractivity contribution in [1.82, 2.24) is 9.97 Å². The molecule has 3 rings (SSSR count). The van der Waals surface area contributed by atoms with Crippen LogP contribution in [-0.4, -0.2) is 9.97 Å². The topological polar surface area (TPSA) is 71.8 Å². The minimum Gasteiger partial charge on any atom is -0.369 e. The maximum absolute atomic E-state index is 11.9. The van der Waals surface area contributed by atoms with E-state index < -0.39 is 0 Å². The van der Waals surface area contributed by atoms with Crippen LogP contribution >= 0.6 is 11.6 Å². The molecule has 84 valence electrons. The molecule has 0 atom stereocenters. The van der Waals surface area contributed by atoms with E-state index in [0.29, 0.717) is 15.9 Å². The molecule has 4 nitrogen and oxygen atoms in total. The lowest BCUT2D eigenvalue weighted by Crippen LogP contribution is -2.11. The highest BCUT2D eigenvalue weighted by atomic mass is 35.5. The van der Waals surface area contributed by atoms with E-state index in [0.717, 1.165) is 10.8 Å². The minimum absolute atomic E-state index is 0.115. The van der Waals surface area contributed by atoms with E-state index in [1.54, 1.807) is 18.2 Å². The second-order valence-corrected chi connectivity index (χ2v) is 4.15. The van der Waals surface area contributed by atoms with Crippen LogP contribution in [0.15, 0.2) is 35.1 Å². The minimum atomic E-state index is -0.250. The highest BCUT2D eigenvalue weighted by Gasteiger charge is 2.08. The Labute approximate surface area is 101 Å². The molecule has 0 unspecified atom stereocenters. The summed E-state index contributed by atoms with van der Waals surface area (Å²) in [5, 5.41) is 2.74. The predicted molar refractivity (Wildman–Crippen MR) is 69.3 cm³/mol. The van der Waals surface area contributed by atoms with Crippen LogP contribution < -0.4 is 11.3 Å². The van der Waals surface area contributed by atoms with Crippen LogP contribution in [0.1, 0.15) is 0 Å². The number of rotatable bonds is 0. The average Bonchev–Trinajstić information content (AvgIpc) is 2.28. The zero-order valence-corrected chi connectivity index (χ0v) is 9.45. The normalized spacial score (nSPS) is 11.1. The van der Waals surface area contributed by atoms with Crippen LogP contribution in [0.25, 0.3) is 21.7 Å². The molecule has 0 saturated heterocycles. The van der Waals surface area contributed by atoms with Crippen molar-refractivity contribution < 1.29 is 0 Å². The number of nitrogens with two attached hydrogens (primary N) is 1. The van der Waals surface area contributed by atoms with Gasteiger partial charge in [-0.15, -0.1) is 0 Å². The maximum Gasteiger partial charge on any atom is 0.260 e. The van der Waals surface area contributed by atoms with E-state index in [4.69, 9.17) is 17.3 Å². The number of nitrogen functional groups attached to an aromatic ring is 1. The zero-order chi connectivity index (χ0) is 12.0. The molecule has 0 amide bonds. The van der Waals surface area contributed by atoms with Gasteiger partial charge in [-0.3, -0.25) is 9.78 Å². The molecule has 0 aliphatic heterocycles. The van der Waals surface area contributed by atoms with Gasteiger partial charge in [0.1, 0.15) is 0 Å². The highest BCUT2D eigenvalue weighted by Crippen LogP contribution is 2.27. The lowest BCUT2D eigenvalue weighted by Gasteiger charge is -2.04. The fraction of sp³-hybridized carbons (Fsp3) is 0.